The van der Waals surface area contributed by atoms with Crippen LogP contribution in [0.2, 0.25) is 0 Å². The number of carbonyl (C=O) groups is 2. The molecular formula is C24H19N3O3. The average molecular weight is 397 g/mol. The van der Waals surface area contributed by atoms with Gasteiger partial charge in [0.1, 0.15) is 11.2 Å². The summed E-state index contributed by atoms with van der Waals surface area (Å²) in [7, 11) is 0. The van der Waals surface area contributed by atoms with Gasteiger partial charge in [0.05, 0.1) is 6.54 Å². The number of pyridine rings is 2. The molecule has 0 bridgehead atoms. The van der Waals surface area contributed by atoms with E-state index < -0.39 is 11.5 Å². The maximum absolute atomic E-state index is 13.2. The van der Waals surface area contributed by atoms with E-state index in [-0.39, 0.29) is 11.3 Å². The van der Waals surface area contributed by atoms with Crippen molar-refractivity contribution in [2.24, 2.45) is 0 Å². The lowest BCUT2D eigenvalue weighted by Crippen LogP contribution is -2.30. The van der Waals surface area contributed by atoms with Crippen LogP contribution >= 0.6 is 0 Å². The molecule has 0 radical (unpaired) electrons. The lowest BCUT2D eigenvalue weighted by Gasteiger charge is -2.13. The molecule has 0 aliphatic carbocycles. The molecule has 0 saturated carbocycles. The molecule has 0 saturated heterocycles. The maximum atomic E-state index is 13.2. The summed E-state index contributed by atoms with van der Waals surface area (Å²) in [6.07, 6.45) is 1.62. The number of nitrogens with one attached hydrogen (secondary N) is 1. The second-order valence-electron chi connectivity index (χ2n) is 6.94. The Bertz CT molecular complexity index is 1310. The molecule has 0 aliphatic rings. The van der Waals surface area contributed by atoms with E-state index in [4.69, 9.17) is 0 Å². The van der Waals surface area contributed by atoms with Gasteiger partial charge in [-0.2, -0.15) is 0 Å². The number of aromatic nitrogens is 2. The molecule has 0 unspecified atom stereocenters. The van der Waals surface area contributed by atoms with Crippen LogP contribution in [0.5, 0.6) is 0 Å². The largest absolute Gasteiger partial charge is 0.322 e. The Labute approximate surface area is 172 Å². The monoisotopic (exact) mass is 397 g/mol. The van der Waals surface area contributed by atoms with Gasteiger partial charge in [-0.05, 0) is 42.8 Å². The average Bonchev–Trinajstić information content (AvgIpc) is 2.76. The van der Waals surface area contributed by atoms with Crippen molar-refractivity contribution >= 4 is 28.4 Å². The molecule has 30 heavy (non-hydrogen) atoms. The molecule has 1 N–H and O–H groups in total. The predicted octanol–water partition coefficient (Wildman–Crippen LogP) is 3.90. The zero-order chi connectivity index (χ0) is 21.1. The molecule has 148 valence electrons. The van der Waals surface area contributed by atoms with Crippen LogP contribution in [0.4, 0.5) is 5.69 Å². The summed E-state index contributed by atoms with van der Waals surface area (Å²) in [4.78, 5) is 42.1. The van der Waals surface area contributed by atoms with Crippen LogP contribution < -0.4 is 10.9 Å². The van der Waals surface area contributed by atoms with Gasteiger partial charge >= 0.3 is 0 Å². The normalized spacial score (nSPS) is 10.7. The maximum Gasteiger partial charge on any atom is 0.265 e. The molecule has 4 rings (SSSR count). The molecule has 4 aromatic rings. The molecule has 6 nitrogen and oxygen atoms in total. The standard InChI is InChI=1S/C24H19N3O3/c1-16(28)18-9-5-11-20(13-18)26-23(29)21-14-19-10-6-12-25-22(19)27(24(21)30)15-17-7-3-2-4-8-17/h2-14H,15H2,1H3,(H,26,29). The molecule has 0 aliphatic heterocycles. The van der Waals surface area contributed by atoms with Crippen molar-refractivity contribution in [1.82, 2.24) is 9.55 Å². The van der Waals surface area contributed by atoms with Gasteiger partial charge in [0.15, 0.2) is 5.78 Å². The van der Waals surface area contributed by atoms with Crippen molar-refractivity contribution in [2.45, 2.75) is 13.5 Å². The second-order valence-corrected chi connectivity index (χ2v) is 6.94. The molecular weight excluding hydrogens is 378 g/mol. The molecule has 0 fully saturated rings. The first-order chi connectivity index (χ1) is 14.5. The number of benzene rings is 2. The Kier molecular flexibility index (Phi) is 5.22. The third-order valence-corrected chi connectivity index (χ3v) is 4.80. The summed E-state index contributed by atoms with van der Waals surface area (Å²) in [5.74, 6) is -0.638. The van der Waals surface area contributed by atoms with Gasteiger partial charge in [-0.1, -0.05) is 42.5 Å². The first kappa shape index (κ1) is 19.3. The minimum absolute atomic E-state index is 0.0136. The highest BCUT2D eigenvalue weighted by Gasteiger charge is 2.17. The topological polar surface area (TPSA) is 81.1 Å². The van der Waals surface area contributed by atoms with Gasteiger partial charge in [-0.3, -0.25) is 19.0 Å². The van der Waals surface area contributed by atoms with Crippen LogP contribution in [-0.4, -0.2) is 21.2 Å². The van der Waals surface area contributed by atoms with Crippen LogP contribution in [0.1, 0.15) is 33.2 Å². The summed E-state index contributed by atoms with van der Waals surface area (Å²) in [6, 6.07) is 21.3. The first-order valence-corrected chi connectivity index (χ1v) is 9.48. The van der Waals surface area contributed by atoms with E-state index in [1.54, 1.807) is 42.6 Å². The summed E-state index contributed by atoms with van der Waals surface area (Å²) in [5.41, 5.74) is 1.97. The fourth-order valence-electron chi connectivity index (χ4n) is 3.30. The second kappa shape index (κ2) is 8.13. The summed E-state index contributed by atoms with van der Waals surface area (Å²) < 4.78 is 1.51. The van der Waals surface area contributed by atoms with E-state index in [0.29, 0.717) is 28.8 Å². The highest BCUT2D eigenvalue weighted by molar-refractivity contribution is 6.06. The van der Waals surface area contributed by atoms with Gasteiger partial charge in [-0.15, -0.1) is 0 Å². The molecule has 2 heterocycles. The van der Waals surface area contributed by atoms with Crippen LogP contribution in [0.3, 0.4) is 0 Å². The van der Waals surface area contributed by atoms with E-state index in [1.165, 1.54) is 11.5 Å². The van der Waals surface area contributed by atoms with Gasteiger partial charge in [0, 0.05) is 22.8 Å². The molecule has 2 aromatic carbocycles. The van der Waals surface area contributed by atoms with E-state index in [1.807, 2.05) is 36.4 Å². The smallest absolute Gasteiger partial charge is 0.265 e. The lowest BCUT2D eigenvalue weighted by molar-refractivity contribution is 0.101. The van der Waals surface area contributed by atoms with Crippen molar-refractivity contribution in [3.8, 4) is 0 Å². The number of anilines is 1. The number of carbonyl (C=O) groups excluding carboxylic acids is 2. The zero-order valence-electron chi connectivity index (χ0n) is 16.3. The van der Waals surface area contributed by atoms with E-state index in [9.17, 15) is 14.4 Å². The Morgan fingerprint density at radius 3 is 2.53 bits per heavy atom. The molecule has 0 spiro atoms. The van der Waals surface area contributed by atoms with Gasteiger partial charge in [0.25, 0.3) is 11.5 Å². The van der Waals surface area contributed by atoms with Crippen LogP contribution in [0.25, 0.3) is 11.0 Å². The number of amides is 1. The number of ketones is 1. The van der Waals surface area contributed by atoms with Gasteiger partial charge < -0.3 is 5.32 Å². The van der Waals surface area contributed by atoms with Crippen LogP contribution in [0, 0.1) is 0 Å². The molecule has 6 heteroatoms. The SMILES string of the molecule is CC(=O)c1cccc(NC(=O)c2cc3cccnc3n(Cc3ccccc3)c2=O)c1. The van der Waals surface area contributed by atoms with E-state index in [2.05, 4.69) is 10.3 Å². The van der Waals surface area contributed by atoms with Crippen LogP contribution in [-0.2, 0) is 6.54 Å². The van der Waals surface area contributed by atoms with Crippen molar-refractivity contribution < 1.29 is 9.59 Å². The van der Waals surface area contributed by atoms with Gasteiger partial charge in [0.2, 0.25) is 0 Å². The van der Waals surface area contributed by atoms with Gasteiger partial charge in [-0.25, -0.2) is 4.98 Å². The molecule has 2 aromatic heterocycles. The Balaban J connectivity index is 1.76. The quantitative estimate of drug-likeness (QED) is 0.518. The van der Waals surface area contributed by atoms with Crippen molar-refractivity contribution in [3.63, 3.8) is 0 Å². The Morgan fingerprint density at radius 1 is 0.967 bits per heavy atom. The fourth-order valence-corrected chi connectivity index (χ4v) is 3.30. The Morgan fingerprint density at radius 2 is 1.77 bits per heavy atom. The number of Topliss-reactive ketones (excluding diaryl/α,β-unsaturated/α-hetero) is 1. The van der Waals surface area contributed by atoms with E-state index in [0.717, 1.165) is 5.56 Å². The summed E-state index contributed by atoms with van der Waals surface area (Å²) in [5, 5.41) is 3.42. The number of hydrogen-bond donors (Lipinski definition) is 1. The van der Waals surface area contributed by atoms with Crippen molar-refractivity contribution in [2.75, 3.05) is 5.32 Å². The fraction of sp³-hybridized carbons (Fsp3) is 0.0833. The predicted molar refractivity (Wildman–Crippen MR) is 116 cm³/mol. The summed E-state index contributed by atoms with van der Waals surface area (Å²) >= 11 is 0. The van der Waals surface area contributed by atoms with E-state index >= 15 is 0 Å². The Hall–Kier alpha value is -4.06. The zero-order valence-corrected chi connectivity index (χ0v) is 16.3. The number of hydrogen-bond acceptors (Lipinski definition) is 4. The molecule has 0 atom stereocenters. The minimum Gasteiger partial charge on any atom is -0.322 e. The highest BCUT2D eigenvalue weighted by Crippen LogP contribution is 2.16. The number of rotatable bonds is 5. The number of fused-ring (bicyclic) bond motifs is 1. The minimum atomic E-state index is -0.534. The number of nitrogens with zero attached hydrogens (tertiary/aromatic N) is 2. The first-order valence-electron chi connectivity index (χ1n) is 9.48. The van der Waals surface area contributed by atoms with Crippen molar-refractivity contribution in [3.05, 3.63) is 106 Å². The molecule has 1 amide bonds. The summed E-state index contributed by atoms with van der Waals surface area (Å²) in [6.45, 7) is 1.76. The third kappa shape index (κ3) is 3.89. The van der Waals surface area contributed by atoms with Crippen LogP contribution in [0.15, 0.2) is 83.8 Å². The highest BCUT2D eigenvalue weighted by atomic mass is 16.2. The third-order valence-electron chi connectivity index (χ3n) is 4.80. The lowest BCUT2D eigenvalue weighted by atomic mass is 10.1. The van der Waals surface area contributed by atoms with Crippen molar-refractivity contribution in [1.29, 1.82) is 0 Å².